The summed E-state index contributed by atoms with van der Waals surface area (Å²) < 4.78 is 5.15. The van der Waals surface area contributed by atoms with Crippen molar-refractivity contribution in [3.05, 3.63) is 59.8 Å². The number of hydrogen-bond donors (Lipinski definition) is 2. The van der Waals surface area contributed by atoms with Gasteiger partial charge in [-0.2, -0.15) is 0 Å². The van der Waals surface area contributed by atoms with E-state index < -0.39 is 5.41 Å². The maximum absolute atomic E-state index is 12.9. The second kappa shape index (κ2) is 6.04. The first-order valence-corrected chi connectivity index (χ1v) is 7.97. The van der Waals surface area contributed by atoms with Gasteiger partial charge in [0.1, 0.15) is 5.75 Å². The Morgan fingerprint density at radius 3 is 2.42 bits per heavy atom. The Morgan fingerprint density at radius 2 is 1.75 bits per heavy atom. The number of anilines is 1. The lowest BCUT2D eigenvalue weighted by molar-refractivity contribution is -0.120. The summed E-state index contributed by atoms with van der Waals surface area (Å²) >= 11 is 0. The zero-order chi connectivity index (χ0) is 17.3. The number of rotatable bonds is 4. The van der Waals surface area contributed by atoms with Crippen LogP contribution in [-0.2, 0) is 10.2 Å². The van der Waals surface area contributed by atoms with Gasteiger partial charge < -0.3 is 15.0 Å². The first-order chi connectivity index (χ1) is 11.4. The number of nitrogens with one attached hydrogen (secondary N) is 2. The van der Waals surface area contributed by atoms with Gasteiger partial charge in [0.15, 0.2) is 0 Å². The van der Waals surface area contributed by atoms with E-state index in [4.69, 9.17) is 4.74 Å². The van der Waals surface area contributed by atoms with Gasteiger partial charge in [-0.25, -0.2) is 0 Å². The molecular weight excluding hydrogens is 300 g/mol. The van der Waals surface area contributed by atoms with E-state index in [2.05, 4.69) is 16.4 Å². The lowest BCUT2D eigenvalue weighted by Gasteiger charge is -2.24. The van der Waals surface area contributed by atoms with Crippen molar-refractivity contribution in [3.8, 4) is 5.75 Å². The molecule has 0 spiro atoms. The number of benzene rings is 2. The van der Waals surface area contributed by atoms with Crippen molar-refractivity contribution in [2.24, 2.45) is 0 Å². The van der Waals surface area contributed by atoms with Crippen LogP contribution in [0.4, 0.5) is 5.69 Å². The molecule has 4 heteroatoms. The van der Waals surface area contributed by atoms with Crippen LogP contribution in [-0.4, -0.2) is 18.0 Å². The monoisotopic (exact) mass is 322 g/mol. The summed E-state index contributed by atoms with van der Waals surface area (Å²) in [7, 11) is 1.62. The fourth-order valence-corrected chi connectivity index (χ4v) is 3.16. The molecule has 124 valence electrons. The van der Waals surface area contributed by atoms with E-state index in [1.165, 1.54) is 0 Å². The molecule has 0 fully saturated rings. The molecule has 0 saturated carbocycles. The molecule has 0 radical (unpaired) electrons. The van der Waals surface area contributed by atoms with Crippen LogP contribution in [0.1, 0.15) is 25.1 Å². The maximum atomic E-state index is 12.9. The number of H-pyrrole nitrogens is 1. The number of para-hydroxylation sites is 1. The quantitative estimate of drug-likeness (QED) is 0.748. The summed E-state index contributed by atoms with van der Waals surface area (Å²) in [5.74, 6) is 0.722. The number of amides is 1. The van der Waals surface area contributed by atoms with Crippen LogP contribution in [0.2, 0.25) is 0 Å². The van der Waals surface area contributed by atoms with E-state index in [-0.39, 0.29) is 5.91 Å². The van der Waals surface area contributed by atoms with E-state index in [1.807, 2.05) is 63.2 Å². The van der Waals surface area contributed by atoms with Crippen LogP contribution in [0.5, 0.6) is 5.75 Å². The summed E-state index contributed by atoms with van der Waals surface area (Å²) in [5, 5.41) is 4.09. The van der Waals surface area contributed by atoms with Gasteiger partial charge in [0.2, 0.25) is 5.91 Å². The van der Waals surface area contributed by atoms with E-state index in [0.29, 0.717) is 0 Å². The topological polar surface area (TPSA) is 54.1 Å². The molecular formula is C20H22N2O2. The highest BCUT2D eigenvalue weighted by Crippen LogP contribution is 2.34. The van der Waals surface area contributed by atoms with Crippen molar-refractivity contribution in [2.75, 3.05) is 12.4 Å². The first kappa shape index (κ1) is 16.1. The Kier molecular flexibility index (Phi) is 4.06. The number of carbonyl (C=O) groups is 1. The fourth-order valence-electron chi connectivity index (χ4n) is 3.16. The van der Waals surface area contributed by atoms with Gasteiger partial charge in [-0.05, 0) is 56.7 Å². The summed E-state index contributed by atoms with van der Waals surface area (Å²) in [6.45, 7) is 5.92. The molecule has 0 atom stereocenters. The van der Waals surface area contributed by atoms with Gasteiger partial charge in [-0.3, -0.25) is 4.79 Å². The van der Waals surface area contributed by atoms with Gasteiger partial charge in [-0.15, -0.1) is 0 Å². The highest BCUT2D eigenvalue weighted by molar-refractivity contribution is 6.02. The van der Waals surface area contributed by atoms with Crippen LogP contribution < -0.4 is 10.1 Å². The normalized spacial score (nSPS) is 11.5. The summed E-state index contributed by atoms with van der Waals surface area (Å²) in [5.41, 5.74) is 3.20. The van der Waals surface area contributed by atoms with Crippen molar-refractivity contribution in [1.29, 1.82) is 0 Å². The first-order valence-electron chi connectivity index (χ1n) is 7.97. The summed E-state index contributed by atoms with van der Waals surface area (Å²) in [6, 6.07) is 15.4. The predicted molar refractivity (Wildman–Crippen MR) is 97.7 cm³/mol. The molecule has 1 heterocycles. The average Bonchev–Trinajstić information content (AvgIpc) is 2.91. The third kappa shape index (κ3) is 2.75. The van der Waals surface area contributed by atoms with E-state index >= 15 is 0 Å². The maximum Gasteiger partial charge on any atom is 0.234 e. The molecule has 0 saturated heterocycles. The van der Waals surface area contributed by atoms with Gasteiger partial charge in [-0.1, -0.05) is 18.2 Å². The Morgan fingerprint density at radius 1 is 1.08 bits per heavy atom. The molecule has 0 bridgehead atoms. The van der Waals surface area contributed by atoms with Crippen LogP contribution in [0.3, 0.4) is 0 Å². The molecule has 3 aromatic rings. The number of aromatic nitrogens is 1. The zero-order valence-corrected chi connectivity index (χ0v) is 14.4. The molecule has 2 N–H and O–H groups in total. The van der Waals surface area contributed by atoms with Gasteiger partial charge in [0.05, 0.1) is 12.5 Å². The largest absolute Gasteiger partial charge is 0.497 e. The highest BCUT2D eigenvalue weighted by Gasteiger charge is 2.34. The highest BCUT2D eigenvalue weighted by atomic mass is 16.5. The van der Waals surface area contributed by atoms with Crippen LogP contribution in [0, 0.1) is 6.92 Å². The molecule has 1 aromatic heterocycles. The smallest absolute Gasteiger partial charge is 0.234 e. The van der Waals surface area contributed by atoms with Crippen molar-refractivity contribution < 1.29 is 9.53 Å². The lowest BCUT2D eigenvalue weighted by Crippen LogP contribution is -2.35. The van der Waals surface area contributed by atoms with Gasteiger partial charge >= 0.3 is 0 Å². The second-order valence-corrected chi connectivity index (χ2v) is 6.48. The van der Waals surface area contributed by atoms with Crippen LogP contribution in [0.25, 0.3) is 10.9 Å². The molecule has 1 amide bonds. The molecule has 4 nitrogen and oxygen atoms in total. The number of aryl methyl sites for hydroxylation is 1. The van der Waals surface area contributed by atoms with Crippen LogP contribution >= 0.6 is 0 Å². The van der Waals surface area contributed by atoms with Gasteiger partial charge in [0, 0.05) is 22.3 Å². The minimum Gasteiger partial charge on any atom is -0.497 e. The number of ether oxygens (including phenoxy) is 1. The van der Waals surface area contributed by atoms with Crippen molar-refractivity contribution in [1.82, 2.24) is 4.98 Å². The summed E-state index contributed by atoms with van der Waals surface area (Å²) in [4.78, 5) is 16.3. The minimum absolute atomic E-state index is 0.0412. The van der Waals surface area contributed by atoms with Gasteiger partial charge in [0.25, 0.3) is 0 Å². The molecule has 2 aromatic carbocycles. The molecule has 0 aliphatic rings. The molecule has 0 unspecified atom stereocenters. The number of hydrogen-bond acceptors (Lipinski definition) is 2. The van der Waals surface area contributed by atoms with Crippen molar-refractivity contribution in [3.63, 3.8) is 0 Å². The third-order valence-electron chi connectivity index (χ3n) is 4.43. The Bertz CT molecular complexity index is 876. The Hall–Kier alpha value is -2.75. The summed E-state index contributed by atoms with van der Waals surface area (Å²) in [6.07, 6.45) is 0. The molecule has 24 heavy (non-hydrogen) atoms. The lowest BCUT2D eigenvalue weighted by atomic mass is 9.81. The fraction of sp³-hybridized carbons (Fsp3) is 0.250. The molecule has 3 rings (SSSR count). The molecule has 0 aliphatic heterocycles. The number of fused-ring (bicyclic) bond motifs is 1. The Labute approximate surface area is 141 Å². The van der Waals surface area contributed by atoms with Crippen molar-refractivity contribution in [2.45, 2.75) is 26.2 Å². The second-order valence-electron chi connectivity index (χ2n) is 6.48. The number of aromatic amines is 1. The standard InChI is InChI=1S/C20H22N2O2/c1-13-18(16-7-5-6-8-17(16)21-13)20(2,3)19(23)22-14-9-11-15(24-4)12-10-14/h5-12,21H,1-4H3,(H,22,23). The van der Waals surface area contributed by atoms with E-state index in [1.54, 1.807) is 7.11 Å². The van der Waals surface area contributed by atoms with Crippen LogP contribution in [0.15, 0.2) is 48.5 Å². The number of methoxy groups -OCH3 is 1. The SMILES string of the molecule is COc1ccc(NC(=O)C(C)(C)c2c(C)[nH]c3ccccc23)cc1. The van der Waals surface area contributed by atoms with E-state index in [9.17, 15) is 4.79 Å². The number of carbonyl (C=O) groups excluding carboxylic acids is 1. The zero-order valence-electron chi connectivity index (χ0n) is 14.4. The third-order valence-corrected chi connectivity index (χ3v) is 4.43. The van der Waals surface area contributed by atoms with E-state index in [0.717, 1.165) is 33.6 Å². The average molecular weight is 322 g/mol. The minimum atomic E-state index is -0.663. The molecule has 0 aliphatic carbocycles. The predicted octanol–water partition coefficient (Wildman–Crippen LogP) is 4.40. The van der Waals surface area contributed by atoms with Crippen molar-refractivity contribution >= 4 is 22.5 Å². The Balaban J connectivity index is 1.93.